The molecule has 0 saturated carbocycles. The van der Waals surface area contributed by atoms with Crippen LogP contribution in [0.3, 0.4) is 0 Å². The molecule has 0 aromatic rings. The van der Waals surface area contributed by atoms with E-state index >= 15 is 0 Å². The summed E-state index contributed by atoms with van der Waals surface area (Å²) in [5.41, 5.74) is 4.75. The molecule has 13 heavy (non-hydrogen) atoms. The van der Waals surface area contributed by atoms with Crippen molar-refractivity contribution in [3.63, 3.8) is 0 Å². The monoisotopic (exact) mass is 192 g/mol. The van der Waals surface area contributed by atoms with E-state index in [0.29, 0.717) is 0 Å². The molecule has 0 aliphatic heterocycles. The minimum absolute atomic E-state index is 0.895. The molecule has 0 spiro atoms. The zero-order valence-corrected chi connectivity index (χ0v) is 8.60. The van der Waals surface area contributed by atoms with Crippen LogP contribution >= 0.6 is 0 Å². The van der Waals surface area contributed by atoms with Crippen LogP contribution in [0.1, 0.15) is 27.7 Å². The van der Waals surface area contributed by atoms with Crippen LogP contribution in [-0.4, -0.2) is 44.4 Å². The van der Waals surface area contributed by atoms with Crippen molar-refractivity contribution >= 4 is 0 Å². The Hall–Kier alpha value is -0.200. The van der Waals surface area contributed by atoms with E-state index in [0.717, 1.165) is 4.90 Å². The van der Waals surface area contributed by atoms with Gasteiger partial charge in [-0.15, -0.1) is 0 Å². The van der Waals surface area contributed by atoms with Gasteiger partial charge in [0.1, 0.15) is 18.7 Å². The van der Waals surface area contributed by atoms with Gasteiger partial charge >= 0.3 is 0 Å². The quantitative estimate of drug-likeness (QED) is 0.430. The van der Waals surface area contributed by atoms with Gasteiger partial charge < -0.3 is 21.1 Å². The summed E-state index contributed by atoms with van der Waals surface area (Å²) in [5.74, 6) is 0. The van der Waals surface area contributed by atoms with Gasteiger partial charge in [-0.1, -0.05) is 0 Å². The molecule has 0 aromatic heterocycles. The molecule has 3 unspecified atom stereocenters. The number of hydrogen-bond donors (Lipinski definition) is 4. The summed E-state index contributed by atoms with van der Waals surface area (Å²) in [6.07, 6.45) is -2.98. The van der Waals surface area contributed by atoms with Crippen LogP contribution in [0.4, 0.5) is 0 Å². The normalized spacial score (nSPS) is 20.1. The standard InChI is InChI=1S/C8H20N2O3/c1-5(11)10(6(2)12)7(13)8(3,4)9/h5-7,11-13H,9H2,1-4H3. The molecule has 0 fully saturated rings. The first kappa shape index (κ1) is 12.8. The second-order valence-corrected chi connectivity index (χ2v) is 3.91. The van der Waals surface area contributed by atoms with Crippen molar-refractivity contribution in [1.29, 1.82) is 0 Å². The van der Waals surface area contributed by atoms with Crippen molar-refractivity contribution in [2.75, 3.05) is 0 Å². The highest BCUT2D eigenvalue weighted by molar-refractivity contribution is 4.83. The molecule has 0 rings (SSSR count). The molecular formula is C8H20N2O3. The number of rotatable bonds is 4. The Morgan fingerprint density at radius 1 is 1.08 bits per heavy atom. The second-order valence-electron chi connectivity index (χ2n) is 3.91. The van der Waals surface area contributed by atoms with E-state index < -0.39 is 24.2 Å². The van der Waals surface area contributed by atoms with Crippen LogP contribution in [-0.2, 0) is 0 Å². The van der Waals surface area contributed by atoms with E-state index in [9.17, 15) is 15.3 Å². The number of nitrogens with two attached hydrogens (primary N) is 1. The SMILES string of the molecule is CC(O)N(C(C)O)C(O)C(C)(C)N. The molecule has 0 amide bonds. The number of hydrogen-bond acceptors (Lipinski definition) is 5. The Balaban J connectivity index is 4.56. The lowest BCUT2D eigenvalue weighted by molar-refractivity contribution is -0.184. The van der Waals surface area contributed by atoms with Crippen LogP contribution in [0.25, 0.3) is 0 Å². The molecular weight excluding hydrogens is 172 g/mol. The van der Waals surface area contributed by atoms with E-state index in [1.807, 2.05) is 0 Å². The fraction of sp³-hybridized carbons (Fsp3) is 1.00. The summed E-state index contributed by atoms with van der Waals surface area (Å²) in [6, 6.07) is 0. The van der Waals surface area contributed by atoms with Crippen LogP contribution in [0.15, 0.2) is 0 Å². The Morgan fingerprint density at radius 3 is 1.46 bits per heavy atom. The maximum absolute atomic E-state index is 9.67. The summed E-state index contributed by atoms with van der Waals surface area (Å²) in [5, 5.41) is 28.2. The highest BCUT2D eigenvalue weighted by atomic mass is 16.4. The van der Waals surface area contributed by atoms with Crippen molar-refractivity contribution in [2.24, 2.45) is 5.73 Å². The molecule has 80 valence electrons. The fourth-order valence-electron chi connectivity index (χ4n) is 1.11. The molecule has 0 aliphatic rings. The first-order valence-corrected chi connectivity index (χ1v) is 4.28. The lowest BCUT2D eigenvalue weighted by Crippen LogP contribution is -2.59. The highest BCUT2D eigenvalue weighted by Gasteiger charge is 2.33. The summed E-state index contributed by atoms with van der Waals surface area (Å²) in [4.78, 5) is 1.12. The maximum atomic E-state index is 9.67. The zero-order valence-electron chi connectivity index (χ0n) is 8.60. The van der Waals surface area contributed by atoms with Gasteiger partial charge in [-0.25, -0.2) is 4.90 Å². The van der Waals surface area contributed by atoms with Gasteiger partial charge in [0.05, 0.1) is 5.54 Å². The third-order valence-electron chi connectivity index (χ3n) is 1.81. The average molecular weight is 192 g/mol. The van der Waals surface area contributed by atoms with Crippen molar-refractivity contribution in [3.8, 4) is 0 Å². The summed E-state index contributed by atoms with van der Waals surface area (Å²) in [7, 11) is 0. The largest absolute Gasteiger partial charge is 0.379 e. The Morgan fingerprint density at radius 2 is 1.38 bits per heavy atom. The molecule has 5 heteroatoms. The van der Waals surface area contributed by atoms with Gasteiger partial charge in [0.25, 0.3) is 0 Å². The van der Waals surface area contributed by atoms with Gasteiger partial charge in [0.15, 0.2) is 0 Å². The van der Waals surface area contributed by atoms with E-state index in [4.69, 9.17) is 5.73 Å². The first-order chi connectivity index (χ1) is 5.68. The lowest BCUT2D eigenvalue weighted by atomic mass is 10.0. The molecule has 0 radical (unpaired) electrons. The number of nitrogens with zero attached hydrogens (tertiary/aromatic N) is 1. The smallest absolute Gasteiger partial charge is 0.128 e. The van der Waals surface area contributed by atoms with Gasteiger partial charge in [-0.05, 0) is 27.7 Å². The Kier molecular flexibility index (Phi) is 4.28. The van der Waals surface area contributed by atoms with Crippen LogP contribution in [0.5, 0.6) is 0 Å². The lowest BCUT2D eigenvalue weighted by Gasteiger charge is -2.39. The number of aliphatic hydroxyl groups is 3. The number of aliphatic hydroxyl groups excluding tert-OH is 3. The third kappa shape index (κ3) is 3.58. The fourth-order valence-corrected chi connectivity index (χ4v) is 1.11. The van der Waals surface area contributed by atoms with Crippen LogP contribution in [0, 0.1) is 0 Å². The zero-order chi connectivity index (χ0) is 10.8. The predicted octanol–water partition coefficient (Wildman–Crippen LogP) is -0.979. The topological polar surface area (TPSA) is 90.0 Å². The average Bonchev–Trinajstić information content (AvgIpc) is 1.82. The molecule has 0 aromatic carbocycles. The summed E-state index contributed by atoms with van der Waals surface area (Å²) < 4.78 is 0. The molecule has 5 N–H and O–H groups in total. The van der Waals surface area contributed by atoms with Gasteiger partial charge in [-0.3, -0.25) is 0 Å². The third-order valence-corrected chi connectivity index (χ3v) is 1.81. The summed E-state index contributed by atoms with van der Waals surface area (Å²) >= 11 is 0. The molecule has 0 bridgehead atoms. The van der Waals surface area contributed by atoms with Crippen molar-refractivity contribution in [1.82, 2.24) is 4.90 Å². The Bertz CT molecular complexity index is 146. The van der Waals surface area contributed by atoms with Crippen molar-refractivity contribution in [3.05, 3.63) is 0 Å². The van der Waals surface area contributed by atoms with Crippen molar-refractivity contribution < 1.29 is 15.3 Å². The van der Waals surface area contributed by atoms with Gasteiger partial charge in [0.2, 0.25) is 0 Å². The second kappa shape index (κ2) is 4.34. The predicted molar refractivity (Wildman–Crippen MR) is 49.5 cm³/mol. The maximum Gasteiger partial charge on any atom is 0.128 e. The highest BCUT2D eigenvalue weighted by Crippen LogP contribution is 2.14. The first-order valence-electron chi connectivity index (χ1n) is 4.28. The van der Waals surface area contributed by atoms with E-state index in [1.54, 1.807) is 13.8 Å². The minimum atomic E-state index is -1.09. The van der Waals surface area contributed by atoms with Crippen LogP contribution < -0.4 is 5.73 Å². The minimum Gasteiger partial charge on any atom is -0.379 e. The van der Waals surface area contributed by atoms with Crippen molar-refractivity contribution in [2.45, 2.75) is 51.9 Å². The Labute approximate surface area is 78.8 Å². The van der Waals surface area contributed by atoms with Gasteiger partial charge in [-0.2, -0.15) is 0 Å². The molecule has 0 aliphatic carbocycles. The molecule has 3 atom stereocenters. The molecule has 0 saturated heterocycles. The molecule has 0 heterocycles. The molecule has 5 nitrogen and oxygen atoms in total. The summed E-state index contributed by atoms with van der Waals surface area (Å²) in [6.45, 7) is 6.16. The van der Waals surface area contributed by atoms with Crippen LogP contribution in [0.2, 0.25) is 0 Å². The van der Waals surface area contributed by atoms with Gasteiger partial charge in [0, 0.05) is 0 Å². The van der Waals surface area contributed by atoms with E-state index in [-0.39, 0.29) is 0 Å². The van der Waals surface area contributed by atoms with E-state index in [2.05, 4.69) is 0 Å². The van der Waals surface area contributed by atoms with E-state index in [1.165, 1.54) is 13.8 Å².